The van der Waals surface area contributed by atoms with E-state index in [2.05, 4.69) is 10.3 Å². The van der Waals surface area contributed by atoms with Gasteiger partial charge in [0.15, 0.2) is 5.11 Å². The summed E-state index contributed by atoms with van der Waals surface area (Å²) in [6.45, 7) is 4.36. The van der Waals surface area contributed by atoms with Gasteiger partial charge < -0.3 is 20.3 Å². The maximum absolute atomic E-state index is 13.1. The summed E-state index contributed by atoms with van der Waals surface area (Å²) in [6.07, 6.45) is 0. The number of hydrogen-bond acceptors (Lipinski definition) is 3. The normalized spacial score (nSPS) is 10.9. The molecule has 3 rings (SSSR count). The summed E-state index contributed by atoms with van der Waals surface area (Å²) < 4.78 is 13.1. The fourth-order valence-corrected chi connectivity index (χ4v) is 3.44. The molecule has 0 aliphatic rings. The van der Waals surface area contributed by atoms with Gasteiger partial charge in [0, 0.05) is 17.8 Å². The number of nitrogens with one attached hydrogen (secondary N) is 2. The number of nitrogens with zero attached hydrogens (tertiary/aromatic N) is 1. The van der Waals surface area contributed by atoms with Crippen LogP contribution < -0.4 is 10.9 Å². The molecule has 2 aromatic carbocycles. The molecule has 0 unspecified atom stereocenters. The van der Waals surface area contributed by atoms with E-state index in [9.17, 15) is 14.3 Å². The predicted molar refractivity (Wildman–Crippen MR) is 114 cm³/mol. The van der Waals surface area contributed by atoms with E-state index < -0.39 is 0 Å². The molecule has 0 bridgehead atoms. The predicted octanol–water partition coefficient (Wildman–Crippen LogP) is 3.48. The molecule has 0 fully saturated rings. The van der Waals surface area contributed by atoms with Crippen molar-refractivity contribution in [1.82, 2.24) is 9.88 Å². The van der Waals surface area contributed by atoms with Crippen molar-refractivity contribution in [2.45, 2.75) is 20.4 Å². The summed E-state index contributed by atoms with van der Waals surface area (Å²) in [7, 11) is 0. The smallest absolute Gasteiger partial charge is 0.253 e. The van der Waals surface area contributed by atoms with Gasteiger partial charge in [0.2, 0.25) is 0 Å². The van der Waals surface area contributed by atoms with Gasteiger partial charge in [-0.25, -0.2) is 4.39 Å². The van der Waals surface area contributed by atoms with Crippen LogP contribution in [0.15, 0.2) is 47.3 Å². The fraction of sp³-hybridized carbons (Fsp3) is 0.238. The van der Waals surface area contributed by atoms with Gasteiger partial charge in [-0.15, -0.1) is 0 Å². The summed E-state index contributed by atoms with van der Waals surface area (Å²) in [5, 5.41) is 13.7. The van der Waals surface area contributed by atoms with E-state index in [0.29, 0.717) is 16.4 Å². The summed E-state index contributed by atoms with van der Waals surface area (Å²) in [5.41, 5.74) is 3.94. The van der Waals surface area contributed by atoms with Crippen LogP contribution in [0.1, 0.15) is 16.7 Å². The number of aliphatic hydroxyl groups excluding tert-OH is 1. The average Bonchev–Trinajstić information content (AvgIpc) is 2.64. The van der Waals surface area contributed by atoms with Crippen molar-refractivity contribution >= 4 is 33.9 Å². The highest BCUT2D eigenvalue weighted by Crippen LogP contribution is 2.19. The molecule has 0 spiro atoms. The number of H-pyrrole nitrogens is 1. The molecule has 7 heteroatoms. The number of pyridine rings is 1. The van der Waals surface area contributed by atoms with Gasteiger partial charge in [-0.2, -0.15) is 0 Å². The Labute approximate surface area is 167 Å². The minimum atomic E-state index is -0.336. The van der Waals surface area contributed by atoms with Crippen molar-refractivity contribution < 1.29 is 9.50 Å². The van der Waals surface area contributed by atoms with E-state index in [1.54, 1.807) is 17.0 Å². The standard InChI is InChI=1S/C21H22FN3O2S/c1-13-9-14(2)19-15(10-13)11-16(20(27)24-19)12-25(7-8-26)21(28)23-18-5-3-17(22)4-6-18/h3-6,9-11,26H,7-8,12H2,1-2H3,(H,23,28)(H,24,27). The van der Waals surface area contributed by atoms with Crippen molar-refractivity contribution in [3.63, 3.8) is 0 Å². The highest BCUT2D eigenvalue weighted by atomic mass is 32.1. The molecule has 28 heavy (non-hydrogen) atoms. The summed E-state index contributed by atoms with van der Waals surface area (Å²) >= 11 is 5.43. The molecule has 0 saturated heterocycles. The summed E-state index contributed by atoms with van der Waals surface area (Å²) in [5.74, 6) is -0.336. The highest BCUT2D eigenvalue weighted by Gasteiger charge is 2.14. The fourth-order valence-electron chi connectivity index (χ4n) is 3.16. The Morgan fingerprint density at radius 3 is 2.61 bits per heavy atom. The lowest BCUT2D eigenvalue weighted by Crippen LogP contribution is -2.37. The van der Waals surface area contributed by atoms with E-state index in [1.807, 2.05) is 32.0 Å². The Bertz CT molecular complexity index is 1060. The maximum Gasteiger partial charge on any atom is 0.253 e. The number of thiocarbonyl (C=S) groups is 1. The van der Waals surface area contributed by atoms with Crippen LogP contribution in [0, 0.1) is 19.7 Å². The molecule has 1 heterocycles. The zero-order valence-corrected chi connectivity index (χ0v) is 16.6. The quantitative estimate of drug-likeness (QED) is 0.573. The van der Waals surface area contributed by atoms with E-state index >= 15 is 0 Å². The van der Waals surface area contributed by atoms with Gasteiger partial charge in [-0.3, -0.25) is 4.79 Å². The van der Waals surface area contributed by atoms with Crippen molar-refractivity contribution in [3.05, 3.63) is 75.3 Å². The Morgan fingerprint density at radius 1 is 1.21 bits per heavy atom. The van der Waals surface area contributed by atoms with Crippen LogP contribution in [-0.2, 0) is 6.54 Å². The van der Waals surface area contributed by atoms with Crippen LogP contribution in [0.2, 0.25) is 0 Å². The van der Waals surface area contributed by atoms with Crippen LogP contribution in [-0.4, -0.2) is 33.3 Å². The number of anilines is 1. The Balaban J connectivity index is 1.87. The molecule has 3 N–H and O–H groups in total. The first-order chi connectivity index (χ1) is 13.4. The summed E-state index contributed by atoms with van der Waals surface area (Å²) in [6, 6.07) is 11.7. The zero-order valence-electron chi connectivity index (χ0n) is 15.8. The van der Waals surface area contributed by atoms with E-state index in [-0.39, 0.29) is 31.1 Å². The van der Waals surface area contributed by atoms with Crippen molar-refractivity contribution in [2.24, 2.45) is 0 Å². The van der Waals surface area contributed by atoms with E-state index in [4.69, 9.17) is 12.2 Å². The molecular weight excluding hydrogens is 377 g/mol. The molecule has 0 saturated carbocycles. The van der Waals surface area contributed by atoms with Gasteiger partial charge in [0.25, 0.3) is 5.56 Å². The number of hydrogen-bond donors (Lipinski definition) is 3. The number of aryl methyl sites for hydroxylation is 2. The van der Waals surface area contributed by atoms with Crippen LogP contribution >= 0.6 is 12.2 Å². The number of fused-ring (bicyclic) bond motifs is 1. The van der Waals surface area contributed by atoms with Crippen LogP contribution in [0.3, 0.4) is 0 Å². The number of rotatable bonds is 5. The first-order valence-corrected chi connectivity index (χ1v) is 9.33. The second kappa shape index (κ2) is 8.50. The summed E-state index contributed by atoms with van der Waals surface area (Å²) in [4.78, 5) is 17.2. The first-order valence-electron chi connectivity index (χ1n) is 8.93. The molecule has 0 aliphatic carbocycles. The lowest BCUT2D eigenvalue weighted by Gasteiger charge is -2.25. The van der Waals surface area contributed by atoms with Crippen molar-refractivity contribution in [3.8, 4) is 0 Å². The Kier molecular flexibility index (Phi) is 6.06. The molecule has 0 aliphatic heterocycles. The van der Waals surface area contributed by atoms with Gasteiger partial charge in [0.1, 0.15) is 5.82 Å². The number of aliphatic hydroxyl groups is 1. The number of halogens is 1. The maximum atomic E-state index is 13.1. The average molecular weight is 399 g/mol. The van der Waals surface area contributed by atoms with Gasteiger partial charge in [-0.1, -0.05) is 11.6 Å². The number of aromatic amines is 1. The van der Waals surface area contributed by atoms with Gasteiger partial charge in [0.05, 0.1) is 18.7 Å². The SMILES string of the molecule is Cc1cc(C)c2[nH]c(=O)c(CN(CCO)C(=S)Nc3ccc(F)cc3)cc2c1. The lowest BCUT2D eigenvalue weighted by atomic mass is 10.1. The van der Waals surface area contributed by atoms with Crippen LogP contribution in [0.5, 0.6) is 0 Å². The number of benzene rings is 2. The molecule has 3 aromatic rings. The molecule has 0 amide bonds. The molecule has 146 valence electrons. The first kappa shape index (κ1) is 20.0. The molecule has 0 atom stereocenters. The highest BCUT2D eigenvalue weighted by molar-refractivity contribution is 7.80. The third kappa shape index (κ3) is 4.55. The van der Waals surface area contributed by atoms with Crippen molar-refractivity contribution in [2.75, 3.05) is 18.5 Å². The monoisotopic (exact) mass is 399 g/mol. The molecule has 0 radical (unpaired) electrons. The Hall–Kier alpha value is -2.77. The lowest BCUT2D eigenvalue weighted by molar-refractivity contribution is 0.248. The van der Waals surface area contributed by atoms with Crippen LogP contribution in [0.25, 0.3) is 10.9 Å². The van der Waals surface area contributed by atoms with Gasteiger partial charge in [-0.05, 0) is 73.4 Å². The van der Waals surface area contributed by atoms with E-state index in [0.717, 1.165) is 22.0 Å². The minimum absolute atomic E-state index is 0.116. The molecule has 5 nitrogen and oxygen atoms in total. The minimum Gasteiger partial charge on any atom is -0.395 e. The van der Waals surface area contributed by atoms with Crippen LogP contribution in [0.4, 0.5) is 10.1 Å². The largest absolute Gasteiger partial charge is 0.395 e. The van der Waals surface area contributed by atoms with Crippen molar-refractivity contribution in [1.29, 1.82) is 0 Å². The molecule has 1 aromatic heterocycles. The third-order valence-electron chi connectivity index (χ3n) is 4.48. The number of aromatic nitrogens is 1. The second-order valence-electron chi connectivity index (χ2n) is 6.75. The van der Waals surface area contributed by atoms with Gasteiger partial charge >= 0.3 is 0 Å². The third-order valence-corrected chi connectivity index (χ3v) is 4.84. The topological polar surface area (TPSA) is 68.4 Å². The zero-order chi connectivity index (χ0) is 20.3. The second-order valence-corrected chi connectivity index (χ2v) is 7.14. The van der Waals surface area contributed by atoms with E-state index in [1.165, 1.54) is 12.1 Å². The molecular formula is C21H22FN3O2S. The Morgan fingerprint density at radius 2 is 1.93 bits per heavy atom.